The fraction of sp³-hybridized carbons (Fsp3) is 0.611. The molecule has 0 aliphatic carbocycles. The standard InChI is InChI=1S/C18H29N3O4S/c1-16-4-6-17(7-5-16)26(23,24)21(11-3-15-25-2)12-8-18(22)20-13-9-19-10-14-20/h4-7,19H,3,8-15H2,1-2H3. The number of aryl methyl sites for hydroxylation is 1. The van der Waals surface area contributed by atoms with Crippen LogP contribution >= 0.6 is 0 Å². The first-order valence-electron chi connectivity index (χ1n) is 8.99. The van der Waals surface area contributed by atoms with Gasteiger partial charge in [-0.3, -0.25) is 4.79 Å². The number of carbonyl (C=O) groups excluding carboxylic acids is 1. The number of piperazine rings is 1. The van der Waals surface area contributed by atoms with Gasteiger partial charge in [-0.05, 0) is 25.5 Å². The number of hydrogen-bond donors (Lipinski definition) is 1. The molecule has 26 heavy (non-hydrogen) atoms. The van der Waals surface area contributed by atoms with Crippen LogP contribution in [0.4, 0.5) is 0 Å². The molecular formula is C18H29N3O4S. The minimum Gasteiger partial charge on any atom is -0.385 e. The van der Waals surface area contributed by atoms with Crippen molar-refractivity contribution in [2.45, 2.75) is 24.7 Å². The van der Waals surface area contributed by atoms with Crippen molar-refractivity contribution < 1.29 is 17.9 Å². The van der Waals surface area contributed by atoms with Gasteiger partial charge in [-0.2, -0.15) is 4.31 Å². The van der Waals surface area contributed by atoms with E-state index in [0.29, 0.717) is 32.7 Å². The lowest BCUT2D eigenvalue weighted by atomic mass is 10.2. The van der Waals surface area contributed by atoms with Crippen LogP contribution in [0.2, 0.25) is 0 Å². The first-order valence-corrected chi connectivity index (χ1v) is 10.4. The van der Waals surface area contributed by atoms with E-state index in [0.717, 1.165) is 18.7 Å². The van der Waals surface area contributed by atoms with Crippen LogP contribution in [0.1, 0.15) is 18.4 Å². The van der Waals surface area contributed by atoms with Gasteiger partial charge in [0.05, 0.1) is 4.90 Å². The maximum Gasteiger partial charge on any atom is 0.243 e. The molecule has 1 aromatic carbocycles. The molecule has 0 saturated carbocycles. The highest BCUT2D eigenvalue weighted by molar-refractivity contribution is 7.89. The van der Waals surface area contributed by atoms with Crippen molar-refractivity contribution in [3.8, 4) is 0 Å². The molecule has 1 fully saturated rings. The lowest BCUT2D eigenvalue weighted by Gasteiger charge is -2.29. The zero-order valence-corrected chi connectivity index (χ0v) is 16.4. The Hall–Kier alpha value is -1.48. The molecule has 8 heteroatoms. The molecule has 0 bridgehead atoms. The van der Waals surface area contributed by atoms with E-state index in [2.05, 4.69) is 5.32 Å². The lowest BCUT2D eigenvalue weighted by molar-refractivity contribution is -0.131. The Bertz CT molecular complexity index is 670. The van der Waals surface area contributed by atoms with Crippen LogP contribution in [0, 0.1) is 6.92 Å². The zero-order chi connectivity index (χ0) is 19.0. The quantitative estimate of drug-likeness (QED) is 0.640. The summed E-state index contributed by atoms with van der Waals surface area (Å²) in [6.45, 7) is 5.82. The summed E-state index contributed by atoms with van der Waals surface area (Å²) in [5.74, 6) is 0.00217. The minimum absolute atomic E-state index is 0.00217. The van der Waals surface area contributed by atoms with Crippen molar-refractivity contribution >= 4 is 15.9 Å². The second-order valence-corrected chi connectivity index (χ2v) is 8.38. The highest BCUT2D eigenvalue weighted by Gasteiger charge is 2.26. The molecule has 7 nitrogen and oxygen atoms in total. The molecule has 1 saturated heterocycles. The molecule has 1 N–H and O–H groups in total. The number of rotatable bonds is 9. The van der Waals surface area contributed by atoms with Gasteiger partial charge in [-0.25, -0.2) is 8.42 Å². The minimum atomic E-state index is -3.63. The first kappa shape index (κ1) is 20.8. The van der Waals surface area contributed by atoms with E-state index >= 15 is 0 Å². The van der Waals surface area contributed by atoms with Gasteiger partial charge in [-0.1, -0.05) is 17.7 Å². The summed E-state index contributed by atoms with van der Waals surface area (Å²) in [6.07, 6.45) is 0.779. The molecule has 1 amide bonds. The van der Waals surface area contributed by atoms with Crippen LogP contribution in [-0.2, 0) is 19.6 Å². The number of benzene rings is 1. The van der Waals surface area contributed by atoms with Gasteiger partial charge < -0.3 is 15.0 Å². The van der Waals surface area contributed by atoms with Crippen LogP contribution in [0.25, 0.3) is 0 Å². The SMILES string of the molecule is COCCCN(CCC(=O)N1CCNCC1)S(=O)(=O)c1ccc(C)cc1. The van der Waals surface area contributed by atoms with Gasteiger partial charge in [0.1, 0.15) is 0 Å². The average Bonchev–Trinajstić information content (AvgIpc) is 2.65. The second-order valence-electron chi connectivity index (χ2n) is 6.44. The van der Waals surface area contributed by atoms with E-state index in [9.17, 15) is 13.2 Å². The smallest absolute Gasteiger partial charge is 0.243 e. The number of amides is 1. The normalized spacial score (nSPS) is 15.4. The molecule has 0 unspecified atom stereocenters. The lowest BCUT2D eigenvalue weighted by Crippen LogP contribution is -2.47. The number of methoxy groups -OCH3 is 1. The summed E-state index contributed by atoms with van der Waals surface area (Å²) in [4.78, 5) is 14.4. The van der Waals surface area contributed by atoms with Crippen molar-refractivity contribution in [3.05, 3.63) is 29.8 Å². The molecule has 0 spiro atoms. The van der Waals surface area contributed by atoms with E-state index in [1.54, 1.807) is 36.3 Å². The molecule has 1 aliphatic rings. The van der Waals surface area contributed by atoms with Crippen LogP contribution < -0.4 is 5.32 Å². The van der Waals surface area contributed by atoms with Crippen molar-refractivity contribution in [1.29, 1.82) is 0 Å². The van der Waals surface area contributed by atoms with Crippen molar-refractivity contribution in [3.63, 3.8) is 0 Å². The van der Waals surface area contributed by atoms with Gasteiger partial charge in [-0.15, -0.1) is 0 Å². The first-order chi connectivity index (χ1) is 12.4. The molecule has 0 aromatic heterocycles. The molecule has 146 valence electrons. The van der Waals surface area contributed by atoms with E-state index in [-0.39, 0.29) is 23.8 Å². The third kappa shape index (κ3) is 5.77. The number of nitrogens with one attached hydrogen (secondary N) is 1. The average molecular weight is 384 g/mol. The van der Waals surface area contributed by atoms with E-state index in [1.165, 1.54) is 4.31 Å². The molecule has 0 radical (unpaired) electrons. The van der Waals surface area contributed by atoms with Gasteiger partial charge in [0.2, 0.25) is 15.9 Å². The zero-order valence-electron chi connectivity index (χ0n) is 15.6. The van der Waals surface area contributed by atoms with Gasteiger partial charge in [0.15, 0.2) is 0 Å². The molecular weight excluding hydrogens is 354 g/mol. The highest BCUT2D eigenvalue weighted by Crippen LogP contribution is 2.17. The third-order valence-corrected chi connectivity index (χ3v) is 6.37. The summed E-state index contributed by atoms with van der Waals surface area (Å²) < 4.78 is 32.4. The van der Waals surface area contributed by atoms with Crippen LogP contribution in [0.15, 0.2) is 29.2 Å². The number of nitrogens with zero attached hydrogens (tertiary/aromatic N) is 2. The Morgan fingerprint density at radius 1 is 1.19 bits per heavy atom. The monoisotopic (exact) mass is 383 g/mol. The Morgan fingerprint density at radius 2 is 1.85 bits per heavy atom. The predicted octanol–water partition coefficient (Wildman–Crippen LogP) is 0.844. The molecule has 1 heterocycles. The predicted molar refractivity (Wildman–Crippen MR) is 100 cm³/mol. The van der Waals surface area contributed by atoms with Gasteiger partial charge in [0, 0.05) is 59.4 Å². The summed E-state index contributed by atoms with van der Waals surface area (Å²) >= 11 is 0. The summed E-state index contributed by atoms with van der Waals surface area (Å²) in [7, 11) is -2.04. The molecule has 2 rings (SSSR count). The number of sulfonamides is 1. The largest absolute Gasteiger partial charge is 0.385 e. The van der Waals surface area contributed by atoms with E-state index in [4.69, 9.17) is 4.74 Å². The van der Waals surface area contributed by atoms with Crippen LogP contribution in [0.3, 0.4) is 0 Å². The Balaban J connectivity index is 2.06. The fourth-order valence-electron chi connectivity index (χ4n) is 2.89. The van der Waals surface area contributed by atoms with Gasteiger partial charge in [0.25, 0.3) is 0 Å². The maximum atomic E-state index is 13.0. The van der Waals surface area contributed by atoms with Crippen molar-refractivity contribution in [2.24, 2.45) is 0 Å². The number of ether oxygens (including phenoxy) is 1. The fourth-order valence-corrected chi connectivity index (χ4v) is 4.37. The number of carbonyl (C=O) groups is 1. The van der Waals surface area contributed by atoms with Gasteiger partial charge >= 0.3 is 0 Å². The Kier molecular flexibility index (Phi) is 8.02. The molecule has 0 atom stereocenters. The molecule has 1 aromatic rings. The summed E-state index contributed by atoms with van der Waals surface area (Å²) in [5.41, 5.74) is 1.00. The maximum absolute atomic E-state index is 13.0. The summed E-state index contributed by atoms with van der Waals surface area (Å²) in [5, 5.41) is 3.20. The van der Waals surface area contributed by atoms with E-state index in [1.807, 2.05) is 6.92 Å². The van der Waals surface area contributed by atoms with Crippen molar-refractivity contribution in [2.75, 3.05) is 53.0 Å². The van der Waals surface area contributed by atoms with Crippen LogP contribution in [0.5, 0.6) is 0 Å². The van der Waals surface area contributed by atoms with E-state index < -0.39 is 10.0 Å². The second kappa shape index (κ2) is 10.0. The topological polar surface area (TPSA) is 79.0 Å². The van der Waals surface area contributed by atoms with Crippen LogP contribution in [-0.4, -0.2) is 76.5 Å². The Morgan fingerprint density at radius 3 is 2.46 bits per heavy atom. The summed E-state index contributed by atoms with van der Waals surface area (Å²) in [6, 6.07) is 6.80. The highest BCUT2D eigenvalue weighted by atomic mass is 32.2. The number of hydrogen-bond acceptors (Lipinski definition) is 5. The third-order valence-electron chi connectivity index (χ3n) is 4.46. The van der Waals surface area contributed by atoms with Crippen molar-refractivity contribution in [1.82, 2.24) is 14.5 Å². The molecule has 1 aliphatic heterocycles. The Labute approximate surface area is 156 Å².